The molecule has 1 amide bonds. The van der Waals surface area contributed by atoms with Crippen LogP contribution in [0.2, 0.25) is 0 Å². The Kier molecular flexibility index (Phi) is 6.25. The molecule has 0 spiro atoms. The number of benzene rings is 1. The van der Waals surface area contributed by atoms with Gasteiger partial charge < -0.3 is 15.5 Å². The Labute approximate surface area is 134 Å². The summed E-state index contributed by atoms with van der Waals surface area (Å²) in [5.41, 5.74) is 1.14. The van der Waals surface area contributed by atoms with Crippen LogP contribution in [0.3, 0.4) is 0 Å². The van der Waals surface area contributed by atoms with E-state index in [1.54, 1.807) is 0 Å². The number of carbonyl (C=O) groups excluding carboxylic acids is 1. The van der Waals surface area contributed by atoms with Gasteiger partial charge >= 0.3 is 0 Å². The molecule has 2 rings (SSSR count). The molecule has 1 fully saturated rings. The van der Waals surface area contributed by atoms with Crippen molar-refractivity contribution in [1.82, 2.24) is 10.2 Å². The molecule has 122 valence electrons. The third kappa shape index (κ3) is 5.34. The minimum Gasteiger partial charge on any atom is -0.385 e. The Hall–Kier alpha value is -1.55. The lowest BCUT2D eigenvalue weighted by atomic mass is 10.1. The van der Waals surface area contributed by atoms with Crippen molar-refractivity contribution in [2.24, 2.45) is 11.8 Å². The summed E-state index contributed by atoms with van der Waals surface area (Å²) in [5, 5.41) is 6.93. The molecule has 4 heteroatoms. The summed E-state index contributed by atoms with van der Waals surface area (Å²) < 4.78 is 0. The van der Waals surface area contributed by atoms with E-state index in [2.05, 4.69) is 43.5 Å². The fourth-order valence-electron chi connectivity index (χ4n) is 2.78. The van der Waals surface area contributed by atoms with Crippen LogP contribution in [-0.2, 0) is 4.79 Å². The van der Waals surface area contributed by atoms with Crippen LogP contribution in [0, 0.1) is 11.8 Å². The number of anilines is 1. The number of para-hydroxylation sites is 1. The molecule has 1 aromatic rings. The van der Waals surface area contributed by atoms with E-state index in [9.17, 15) is 4.79 Å². The molecule has 0 radical (unpaired) electrons. The first-order valence-corrected chi connectivity index (χ1v) is 8.34. The van der Waals surface area contributed by atoms with Gasteiger partial charge in [-0.1, -0.05) is 39.0 Å². The summed E-state index contributed by atoms with van der Waals surface area (Å²) in [5.74, 6) is 1.35. The molecule has 2 atom stereocenters. The maximum absolute atomic E-state index is 12.1. The monoisotopic (exact) mass is 303 g/mol. The highest BCUT2D eigenvalue weighted by Crippen LogP contribution is 2.14. The van der Waals surface area contributed by atoms with Gasteiger partial charge in [-0.15, -0.1) is 0 Å². The van der Waals surface area contributed by atoms with Crippen molar-refractivity contribution in [3.63, 3.8) is 0 Å². The van der Waals surface area contributed by atoms with Gasteiger partial charge in [0.05, 0.1) is 0 Å². The topological polar surface area (TPSA) is 44.4 Å². The zero-order valence-electron chi connectivity index (χ0n) is 14.0. The lowest BCUT2D eigenvalue weighted by Crippen LogP contribution is -2.37. The molecule has 2 unspecified atom stereocenters. The van der Waals surface area contributed by atoms with E-state index < -0.39 is 0 Å². The second-order valence-corrected chi connectivity index (χ2v) is 6.85. The van der Waals surface area contributed by atoms with E-state index in [0.717, 1.165) is 31.9 Å². The first kappa shape index (κ1) is 16.8. The van der Waals surface area contributed by atoms with Gasteiger partial charge in [0, 0.05) is 37.8 Å². The van der Waals surface area contributed by atoms with Crippen LogP contribution in [0.4, 0.5) is 5.69 Å². The van der Waals surface area contributed by atoms with E-state index >= 15 is 0 Å². The largest absolute Gasteiger partial charge is 0.385 e. The van der Waals surface area contributed by atoms with Crippen LogP contribution in [0.1, 0.15) is 27.2 Å². The van der Waals surface area contributed by atoms with Crippen LogP contribution in [0.5, 0.6) is 0 Å². The van der Waals surface area contributed by atoms with Crippen molar-refractivity contribution < 1.29 is 4.79 Å². The predicted molar refractivity (Wildman–Crippen MR) is 91.9 cm³/mol. The molecule has 0 aliphatic carbocycles. The quantitative estimate of drug-likeness (QED) is 0.776. The minimum atomic E-state index is 0.285. The summed E-state index contributed by atoms with van der Waals surface area (Å²) in [4.78, 5) is 14.1. The average Bonchev–Trinajstić information content (AvgIpc) is 2.84. The second-order valence-electron chi connectivity index (χ2n) is 6.85. The number of hydrogen-bond donors (Lipinski definition) is 2. The number of nitrogens with zero attached hydrogens (tertiary/aromatic N) is 1. The lowest BCUT2D eigenvalue weighted by molar-refractivity contribution is -0.128. The number of rotatable bonds is 8. The first-order chi connectivity index (χ1) is 10.5. The first-order valence-electron chi connectivity index (χ1n) is 8.34. The van der Waals surface area contributed by atoms with Gasteiger partial charge in [0.25, 0.3) is 0 Å². The van der Waals surface area contributed by atoms with Crippen molar-refractivity contribution in [3.8, 4) is 0 Å². The number of carbonyl (C=O) groups is 1. The lowest BCUT2D eigenvalue weighted by Gasteiger charge is -2.22. The molecule has 1 aromatic carbocycles. The van der Waals surface area contributed by atoms with Crippen molar-refractivity contribution in [3.05, 3.63) is 30.3 Å². The highest BCUT2D eigenvalue weighted by atomic mass is 16.2. The fourth-order valence-corrected chi connectivity index (χ4v) is 2.78. The third-order valence-electron chi connectivity index (χ3n) is 3.99. The van der Waals surface area contributed by atoms with Gasteiger partial charge in [-0.3, -0.25) is 4.79 Å². The normalized spacial score (nSPS) is 19.7. The molecule has 0 bridgehead atoms. The molecule has 0 aromatic heterocycles. The summed E-state index contributed by atoms with van der Waals surface area (Å²) in [6.45, 7) is 10.1. The van der Waals surface area contributed by atoms with Crippen LogP contribution >= 0.6 is 0 Å². The smallest absolute Gasteiger partial charge is 0.224 e. The maximum atomic E-state index is 12.1. The van der Waals surface area contributed by atoms with Crippen molar-refractivity contribution in [1.29, 1.82) is 0 Å². The number of amides is 1. The summed E-state index contributed by atoms with van der Waals surface area (Å²) >= 11 is 0. The Morgan fingerprint density at radius 2 is 1.91 bits per heavy atom. The van der Waals surface area contributed by atoms with Crippen LogP contribution in [0.25, 0.3) is 0 Å². The minimum absolute atomic E-state index is 0.285. The number of hydrogen-bond acceptors (Lipinski definition) is 3. The highest BCUT2D eigenvalue weighted by molar-refractivity contribution is 5.79. The van der Waals surface area contributed by atoms with E-state index in [0.29, 0.717) is 24.3 Å². The van der Waals surface area contributed by atoms with Gasteiger partial charge in [-0.25, -0.2) is 0 Å². The Morgan fingerprint density at radius 3 is 2.59 bits per heavy atom. The Balaban J connectivity index is 1.72. The maximum Gasteiger partial charge on any atom is 0.224 e. The Morgan fingerprint density at radius 1 is 1.18 bits per heavy atom. The van der Waals surface area contributed by atoms with Gasteiger partial charge in [-0.05, 0) is 30.5 Å². The summed E-state index contributed by atoms with van der Waals surface area (Å²) in [7, 11) is 0. The second kappa shape index (κ2) is 8.18. The van der Waals surface area contributed by atoms with Crippen molar-refractivity contribution >= 4 is 11.6 Å². The average molecular weight is 303 g/mol. The molecule has 1 aliphatic heterocycles. The van der Waals surface area contributed by atoms with Gasteiger partial charge in [-0.2, -0.15) is 0 Å². The van der Waals surface area contributed by atoms with E-state index in [4.69, 9.17) is 0 Å². The molecular formula is C18H29N3O. The van der Waals surface area contributed by atoms with Gasteiger partial charge in [0.2, 0.25) is 5.91 Å². The third-order valence-corrected chi connectivity index (χ3v) is 3.99. The van der Waals surface area contributed by atoms with Crippen molar-refractivity contribution in [2.45, 2.75) is 33.2 Å². The van der Waals surface area contributed by atoms with Crippen LogP contribution in [-0.4, -0.2) is 43.0 Å². The van der Waals surface area contributed by atoms with E-state index in [1.165, 1.54) is 0 Å². The van der Waals surface area contributed by atoms with Crippen LogP contribution in [0.15, 0.2) is 30.3 Å². The molecule has 22 heavy (non-hydrogen) atoms. The predicted octanol–water partition coefficient (Wildman–Crippen LogP) is 2.58. The SMILES string of the molecule is CC(C)CNC1CC(=O)N(CC(C)CNc2ccccc2)C1. The standard InChI is InChI=1S/C18H29N3O/c1-14(2)10-19-17-9-18(22)21(13-17)12-15(3)11-20-16-7-5-4-6-8-16/h4-8,14-15,17,19-20H,9-13H2,1-3H3. The molecule has 1 saturated heterocycles. The number of nitrogens with one attached hydrogen (secondary N) is 2. The molecule has 0 saturated carbocycles. The summed E-state index contributed by atoms with van der Waals surface area (Å²) in [6, 6.07) is 10.5. The molecule has 1 aliphatic rings. The van der Waals surface area contributed by atoms with Gasteiger partial charge in [0.15, 0.2) is 0 Å². The zero-order chi connectivity index (χ0) is 15.9. The van der Waals surface area contributed by atoms with Gasteiger partial charge in [0.1, 0.15) is 0 Å². The van der Waals surface area contributed by atoms with E-state index in [-0.39, 0.29) is 5.91 Å². The number of likely N-dealkylation sites (tertiary alicyclic amines) is 1. The van der Waals surface area contributed by atoms with E-state index in [1.807, 2.05) is 23.1 Å². The highest BCUT2D eigenvalue weighted by Gasteiger charge is 2.29. The molecule has 4 nitrogen and oxygen atoms in total. The van der Waals surface area contributed by atoms with Crippen LogP contribution < -0.4 is 10.6 Å². The summed E-state index contributed by atoms with van der Waals surface area (Å²) in [6.07, 6.45) is 0.644. The zero-order valence-corrected chi connectivity index (χ0v) is 14.0. The fraction of sp³-hybridized carbons (Fsp3) is 0.611. The molecular weight excluding hydrogens is 274 g/mol. The van der Waals surface area contributed by atoms with Crippen molar-refractivity contribution in [2.75, 3.05) is 31.5 Å². The molecule has 2 N–H and O–H groups in total. The molecule has 1 heterocycles. The Bertz CT molecular complexity index is 461.